The Morgan fingerprint density at radius 3 is 2.48 bits per heavy atom. The van der Waals surface area contributed by atoms with Gasteiger partial charge in [0, 0.05) is 18.4 Å². The van der Waals surface area contributed by atoms with Gasteiger partial charge in [-0.1, -0.05) is 42.5 Å². The van der Waals surface area contributed by atoms with E-state index in [9.17, 15) is 14.0 Å². The van der Waals surface area contributed by atoms with Crippen molar-refractivity contribution in [1.82, 2.24) is 9.47 Å². The largest absolute Gasteiger partial charge is 0.314 e. The molecule has 0 aliphatic carbocycles. The molecule has 0 spiro atoms. The number of thioether (sulfide) groups is 1. The van der Waals surface area contributed by atoms with Crippen LogP contribution in [0.3, 0.4) is 0 Å². The first kappa shape index (κ1) is 19.2. The zero-order valence-electron chi connectivity index (χ0n) is 15.6. The number of carbonyl (C=O) groups excluding carboxylic acids is 2. The number of carbonyl (C=O) groups is 2. The summed E-state index contributed by atoms with van der Waals surface area (Å²) in [5.41, 5.74) is 2.22. The predicted octanol–water partition coefficient (Wildman–Crippen LogP) is 5.29. The van der Waals surface area contributed by atoms with Gasteiger partial charge < -0.3 is 4.57 Å². The lowest BCUT2D eigenvalue weighted by Crippen LogP contribution is -2.29. The lowest BCUT2D eigenvalue weighted by molar-refractivity contribution is -0.122. The van der Waals surface area contributed by atoms with Gasteiger partial charge in [0.2, 0.25) is 0 Å². The number of nitrogens with zero attached hydrogens (tertiary/aromatic N) is 2. The van der Waals surface area contributed by atoms with E-state index in [2.05, 4.69) is 0 Å². The minimum Gasteiger partial charge on any atom is -0.314 e. The third-order valence-corrected chi connectivity index (χ3v) is 5.64. The van der Waals surface area contributed by atoms with Gasteiger partial charge >= 0.3 is 0 Å². The summed E-state index contributed by atoms with van der Waals surface area (Å²) in [4.78, 5) is 26.7. The van der Waals surface area contributed by atoms with E-state index < -0.39 is 0 Å². The molecule has 4 nitrogen and oxygen atoms in total. The second kappa shape index (κ2) is 8.49. The number of halogens is 1. The normalized spacial score (nSPS) is 15.5. The Labute approximate surface area is 172 Å². The highest BCUT2D eigenvalue weighted by atomic mass is 32.2. The number of rotatable bonds is 6. The number of benzene rings is 2. The molecule has 1 aromatic heterocycles. The van der Waals surface area contributed by atoms with Crippen LogP contribution in [0.25, 0.3) is 11.8 Å². The van der Waals surface area contributed by atoms with Crippen LogP contribution in [0, 0.1) is 5.82 Å². The van der Waals surface area contributed by atoms with Crippen LogP contribution in [0.4, 0.5) is 9.18 Å². The van der Waals surface area contributed by atoms with Gasteiger partial charge in [-0.3, -0.25) is 14.5 Å². The maximum absolute atomic E-state index is 14.2. The number of aryl methyl sites for hydroxylation is 1. The predicted molar refractivity (Wildman–Crippen MR) is 113 cm³/mol. The summed E-state index contributed by atoms with van der Waals surface area (Å²) in [5, 5.41) is -0.265. The highest BCUT2D eigenvalue weighted by Crippen LogP contribution is 2.33. The van der Waals surface area contributed by atoms with E-state index in [0.717, 1.165) is 18.2 Å². The molecule has 0 radical (unpaired) electrons. The van der Waals surface area contributed by atoms with Gasteiger partial charge in [-0.2, -0.15) is 0 Å². The number of hydrogen-bond acceptors (Lipinski definition) is 3. The summed E-state index contributed by atoms with van der Waals surface area (Å²) in [6.07, 6.45) is 4.89. The molecule has 0 atom stereocenters. The summed E-state index contributed by atoms with van der Waals surface area (Å²) < 4.78 is 15.8. The van der Waals surface area contributed by atoms with Crippen LogP contribution in [0.1, 0.15) is 17.7 Å². The number of hydrogen-bond donors (Lipinski definition) is 0. The summed E-state index contributed by atoms with van der Waals surface area (Å²) in [6.45, 7) is 0.380. The smallest absolute Gasteiger partial charge is 0.293 e. The Bertz CT molecular complexity index is 1080. The first-order valence-electron chi connectivity index (χ1n) is 9.35. The van der Waals surface area contributed by atoms with E-state index in [4.69, 9.17) is 0 Å². The van der Waals surface area contributed by atoms with Gasteiger partial charge in [0.15, 0.2) is 0 Å². The molecule has 1 aliphatic heterocycles. The second-order valence-electron chi connectivity index (χ2n) is 6.68. The van der Waals surface area contributed by atoms with Crippen molar-refractivity contribution < 1.29 is 14.0 Å². The number of aromatic nitrogens is 1. The Kier molecular flexibility index (Phi) is 5.62. The number of para-hydroxylation sites is 1. The highest BCUT2D eigenvalue weighted by Gasteiger charge is 2.34. The van der Waals surface area contributed by atoms with Gasteiger partial charge in [-0.05, 0) is 60.5 Å². The van der Waals surface area contributed by atoms with Crippen molar-refractivity contribution in [2.45, 2.75) is 12.8 Å². The van der Waals surface area contributed by atoms with E-state index in [1.807, 2.05) is 30.3 Å². The standard InChI is InChI=1S/C23H19FN2O2S/c24-19-12-4-5-13-20(19)25-14-7-11-18(25)16-21-22(27)26(23(28)29-21)15-6-10-17-8-2-1-3-9-17/h1-5,7-9,11-14,16H,6,10,15H2/b21-16+. The van der Waals surface area contributed by atoms with E-state index in [1.54, 1.807) is 47.2 Å². The summed E-state index contributed by atoms with van der Waals surface area (Å²) in [7, 11) is 0. The first-order chi connectivity index (χ1) is 14.1. The minimum atomic E-state index is -0.354. The monoisotopic (exact) mass is 406 g/mol. The van der Waals surface area contributed by atoms with Gasteiger partial charge in [0.05, 0.1) is 10.6 Å². The van der Waals surface area contributed by atoms with Crippen molar-refractivity contribution >= 4 is 29.0 Å². The SMILES string of the molecule is O=C1S/C(=C/c2cccn2-c2ccccc2F)C(=O)N1CCCc1ccccc1. The number of imide groups is 1. The molecule has 1 saturated heterocycles. The molecule has 2 amide bonds. The van der Waals surface area contributed by atoms with Gasteiger partial charge in [0.1, 0.15) is 5.82 Å². The van der Waals surface area contributed by atoms with Crippen molar-refractivity contribution in [1.29, 1.82) is 0 Å². The third-order valence-electron chi connectivity index (χ3n) is 4.73. The molecule has 29 heavy (non-hydrogen) atoms. The Morgan fingerprint density at radius 1 is 0.931 bits per heavy atom. The molecule has 0 unspecified atom stereocenters. The molecule has 2 heterocycles. The van der Waals surface area contributed by atoms with Crippen LogP contribution in [0.15, 0.2) is 77.8 Å². The first-order valence-corrected chi connectivity index (χ1v) is 10.2. The van der Waals surface area contributed by atoms with Crippen molar-refractivity contribution in [2.24, 2.45) is 0 Å². The van der Waals surface area contributed by atoms with Crippen LogP contribution in [-0.4, -0.2) is 27.2 Å². The molecule has 0 saturated carbocycles. The maximum Gasteiger partial charge on any atom is 0.293 e. The topological polar surface area (TPSA) is 42.3 Å². The quantitative estimate of drug-likeness (QED) is 0.523. The van der Waals surface area contributed by atoms with Crippen molar-refractivity contribution in [3.8, 4) is 5.69 Å². The van der Waals surface area contributed by atoms with Crippen LogP contribution in [0.5, 0.6) is 0 Å². The fourth-order valence-corrected chi connectivity index (χ4v) is 4.14. The zero-order valence-corrected chi connectivity index (χ0v) is 16.4. The Morgan fingerprint density at radius 2 is 1.69 bits per heavy atom. The maximum atomic E-state index is 14.2. The Balaban J connectivity index is 1.49. The minimum absolute atomic E-state index is 0.265. The fraction of sp³-hybridized carbons (Fsp3) is 0.130. The molecule has 4 rings (SSSR count). The molecule has 0 N–H and O–H groups in total. The lowest BCUT2D eigenvalue weighted by atomic mass is 10.1. The number of amides is 2. The van der Waals surface area contributed by atoms with Crippen LogP contribution < -0.4 is 0 Å². The van der Waals surface area contributed by atoms with E-state index in [0.29, 0.717) is 29.3 Å². The molecule has 1 fully saturated rings. The summed E-state index contributed by atoms with van der Waals surface area (Å²) in [5.74, 6) is -0.651. The molecule has 1 aliphatic rings. The molecule has 146 valence electrons. The second-order valence-corrected chi connectivity index (χ2v) is 7.67. The highest BCUT2D eigenvalue weighted by molar-refractivity contribution is 8.18. The molecule has 3 aromatic rings. The van der Waals surface area contributed by atoms with Crippen molar-refractivity contribution in [3.63, 3.8) is 0 Å². The summed E-state index contributed by atoms with van der Waals surface area (Å²) >= 11 is 0.926. The Hall–Kier alpha value is -3.12. The van der Waals surface area contributed by atoms with Crippen LogP contribution in [-0.2, 0) is 11.2 Å². The van der Waals surface area contributed by atoms with Gasteiger partial charge in [-0.15, -0.1) is 0 Å². The van der Waals surface area contributed by atoms with E-state index in [1.165, 1.54) is 16.5 Å². The van der Waals surface area contributed by atoms with Gasteiger partial charge in [0.25, 0.3) is 11.1 Å². The van der Waals surface area contributed by atoms with E-state index >= 15 is 0 Å². The lowest BCUT2D eigenvalue weighted by Gasteiger charge is -2.12. The van der Waals surface area contributed by atoms with Crippen LogP contribution in [0.2, 0.25) is 0 Å². The average molecular weight is 406 g/mol. The average Bonchev–Trinajstić information content (AvgIpc) is 3.29. The van der Waals surface area contributed by atoms with E-state index in [-0.39, 0.29) is 17.0 Å². The third kappa shape index (κ3) is 4.17. The molecule has 6 heteroatoms. The molecular weight excluding hydrogens is 387 g/mol. The molecule has 2 aromatic carbocycles. The molecule has 0 bridgehead atoms. The van der Waals surface area contributed by atoms with Crippen molar-refractivity contribution in [2.75, 3.05) is 6.54 Å². The molecular formula is C23H19FN2O2S. The summed E-state index contributed by atoms with van der Waals surface area (Å²) in [6, 6.07) is 20.0. The van der Waals surface area contributed by atoms with Crippen molar-refractivity contribution in [3.05, 3.63) is 94.9 Å². The van der Waals surface area contributed by atoms with Crippen LogP contribution >= 0.6 is 11.8 Å². The van der Waals surface area contributed by atoms with Gasteiger partial charge in [-0.25, -0.2) is 4.39 Å². The zero-order chi connectivity index (χ0) is 20.2. The fourth-order valence-electron chi connectivity index (χ4n) is 3.29.